The van der Waals surface area contributed by atoms with Gasteiger partial charge in [0, 0.05) is 34.2 Å². The van der Waals surface area contributed by atoms with Crippen LogP contribution in [0.1, 0.15) is 61.3 Å². The van der Waals surface area contributed by atoms with Crippen molar-refractivity contribution in [1.29, 1.82) is 0 Å². The fraction of sp³-hybridized carbons (Fsp3) is 0.750. The molecule has 0 aromatic rings. The maximum atomic E-state index is 12.9. The van der Waals surface area contributed by atoms with Crippen molar-refractivity contribution >= 4 is 35.8 Å². The minimum absolute atomic E-state index is 0.0281. The largest absolute Gasteiger partial charge is 0.463 e. The predicted molar refractivity (Wildman–Crippen MR) is 137 cm³/mol. The Labute approximate surface area is 237 Å². The molecule has 41 heavy (non-hydrogen) atoms. The molecule has 0 aliphatic carbocycles. The molecule has 0 spiro atoms. The second-order valence-electron chi connectivity index (χ2n) is 10.0. The van der Waals surface area contributed by atoms with Crippen molar-refractivity contribution in [2.75, 3.05) is 13.2 Å². The quantitative estimate of drug-likeness (QED) is 0.0368. The molecule has 1 fully saturated rings. The van der Waals surface area contributed by atoms with Gasteiger partial charge in [-0.25, -0.2) is 4.84 Å². The molecule has 0 amide bonds. The van der Waals surface area contributed by atoms with Crippen molar-refractivity contribution in [3.63, 3.8) is 0 Å². The van der Waals surface area contributed by atoms with Crippen LogP contribution in [0.15, 0.2) is 4.99 Å². The molecular weight excluding hydrogens is 552 g/mol. The number of ether oxygens (including phenoxy) is 6. The zero-order valence-corrected chi connectivity index (χ0v) is 24.2. The normalized spacial score (nSPS) is 24.8. The number of nitrogens with one attached hydrogen (secondary N) is 1. The van der Waals surface area contributed by atoms with Crippen LogP contribution in [0.3, 0.4) is 0 Å². The van der Waals surface area contributed by atoms with E-state index >= 15 is 0 Å². The topological polar surface area (TPSA) is 247 Å². The number of esters is 5. The summed E-state index contributed by atoms with van der Waals surface area (Å²) in [5.74, 6) is -7.45. The average molecular weight is 593 g/mol. The molecule has 0 saturated carbocycles. The first-order chi connectivity index (χ1) is 18.8. The summed E-state index contributed by atoms with van der Waals surface area (Å²) in [5, 5.41) is 11.5. The van der Waals surface area contributed by atoms with Crippen molar-refractivity contribution in [3.8, 4) is 0 Å². The number of hydrogen-bond donors (Lipinski definition) is 4. The Morgan fingerprint density at radius 2 is 1.51 bits per heavy atom. The lowest BCUT2D eigenvalue weighted by molar-refractivity contribution is -0.463. The molecule has 1 rings (SSSR count). The van der Waals surface area contributed by atoms with E-state index in [4.69, 9.17) is 44.7 Å². The van der Waals surface area contributed by atoms with Crippen molar-refractivity contribution in [3.05, 3.63) is 0 Å². The van der Waals surface area contributed by atoms with Crippen LogP contribution in [0.4, 0.5) is 0 Å². The first-order valence-electron chi connectivity index (χ1n) is 12.6. The molecule has 0 bridgehead atoms. The molecule has 17 heteroatoms. The number of aliphatic hydroxyl groups is 1. The summed E-state index contributed by atoms with van der Waals surface area (Å²) < 4.78 is 31.6. The molecule has 17 nitrogen and oxygen atoms in total. The Morgan fingerprint density at radius 3 is 2.00 bits per heavy atom. The van der Waals surface area contributed by atoms with Gasteiger partial charge in [-0.05, 0) is 33.6 Å². The van der Waals surface area contributed by atoms with E-state index in [2.05, 4.69) is 10.5 Å². The summed E-state index contributed by atoms with van der Waals surface area (Å²) in [5.41, 5.74) is 12.1. The zero-order valence-electron chi connectivity index (χ0n) is 24.2. The summed E-state index contributed by atoms with van der Waals surface area (Å²) >= 11 is 0. The SMILES string of the molecule is CC(=O)OC[C@H]1O[C@](O)(ON[C@@H](CCCN=C(N)N)C(=O)OC(C)(C)C)[C@H](OC(C)=O)[C@@H](OC(C)=O)[C@H]1OC(C)=O. The Bertz CT molecular complexity index is 979. The highest BCUT2D eigenvalue weighted by Gasteiger charge is 2.61. The third-order valence-electron chi connectivity index (χ3n) is 5.00. The smallest absolute Gasteiger partial charge is 0.340 e. The standard InChI is InChI=1S/C24H40N4O13/c1-12(29)35-11-17-18(36-13(2)30)19(37-14(3)31)20(38-15(4)32)24(34,39-17)41-28-16(9-8-10-27-22(25)26)21(33)40-23(5,6)7/h16-20,28,34H,8-11H2,1-7H3,(H4,25,26,27)/t16-,17+,18-,19-,20+,24-/m0/s1. The molecule has 0 aromatic carbocycles. The van der Waals surface area contributed by atoms with Crippen LogP contribution in [0.25, 0.3) is 0 Å². The highest BCUT2D eigenvalue weighted by Crippen LogP contribution is 2.35. The van der Waals surface area contributed by atoms with Crippen molar-refractivity contribution < 1.29 is 62.3 Å². The summed E-state index contributed by atoms with van der Waals surface area (Å²) in [7, 11) is 0. The van der Waals surface area contributed by atoms with Gasteiger partial charge in [-0.2, -0.15) is 5.48 Å². The molecule has 1 aliphatic rings. The molecule has 1 saturated heterocycles. The van der Waals surface area contributed by atoms with E-state index in [0.29, 0.717) is 0 Å². The van der Waals surface area contributed by atoms with Gasteiger partial charge in [-0.3, -0.25) is 29.0 Å². The first-order valence-corrected chi connectivity index (χ1v) is 12.6. The van der Waals surface area contributed by atoms with Crippen LogP contribution < -0.4 is 16.9 Å². The van der Waals surface area contributed by atoms with Gasteiger partial charge in [0.25, 0.3) is 0 Å². The Hall–Kier alpha value is -3.54. The molecule has 6 atom stereocenters. The van der Waals surface area contributed by atoms with Crippen LogP contribution in [-0.2, 0) is 57.2 Å². The van der Waals surface area contributed by atoms with Gasteiger partial charge >= 0.3 is 35.8 Å². The maximum absolute atomic E-state index is 12.9. The maximum Gasteiger partial charge on any atom is 0.340 e. The number of nitrogens with two attached hydrogens (primary N) is 2. The van der Waals surface area contributed by atoms with Crippen LogP contribution in [0, 0.1) is 0 Å². The highest BCUT2D eigenvalue weighted by molar-refractivity contribution is 5.76. The highest BCUT2D eigenvalue weighted by atomic mass is 16.9. The van der Waals surface area contributed by atoms with Crippen molar-refractivity contribution in [2.24, 2.45) is 16.5 Å². The van der Waals surface area contributed by atoms with Crippen LogP contribution >= 0.6 is 0 Å². The minimum Gasteiger partial charge on any atom is -0.463 e. The van der Waals surface area contributed by atoms with Crippen LogP contribution in [0.5, 0.6) is 0 Å². The second kappa shape index (κ2) is 15.5. The minimum atomic E-state index is -2.99. The van der Waals surface area contributed by atoms with Gasteiger partial charge < -0.3 is 45.0 Å². The third kappa shape index (κ3) is 12.7. The summed E-state index contributed by atoms with van der Waals surface area (Å²) in [6.07, 6.45) is -6.46. The van der Waals surface area contributed by atoms with Crippen molar-refractivity contribution in [2.45, 2.75) is 103 Å². The van der Waals surface area contributed by atoms with Gasteiger partial charge in [0.15, 0.2) is 18.2 Å². The second-order valence-corrected chi connectivity index (χ2v) is 10.0. The number of aliphatic imine (C=N–C) groups is 1. The zero-order chi connectivity index (χ0) is 31.5. The number of rotatable bonds is 13. The Kier molecular flexibility index (Phi) is 13.4. The first kappa shape index (κ1) is 35.5. The van der Waals surface area contributed by atoms with Gasteiger partial charge in [-0.1, -0.05) is 0 Å². The molecule has 6 N–H and O–H groups in total. The number of carbonyl (C=O) groups is 5. The number of hydrogen-bond acceptors (Lipinski definition) is 15. The van der Waals surface area contributed by atoms with Crippen molar-refractivity contribution in [1.82, 2.24) is 5.48 Å². The number of guanidine groups is 1. The van der Waals surface area contributed by atoms with E-state index in [1.165, 1.54) is 0 Å². The molecule has 234 valence electrons. The Morgan fingerprint density at radius 1 is 0.951 bits per heavy atom. The van der Waals surface area contributed by atoms with E-state index in [0.717, 1.165) is 27.7 Å². The number of carbonyl (C=O) groups excluding carboxylic acids is 5. The Balaban J connectivity index is 3.45. The van der Waals surface area contributed by atoms with E-state index in [9.17, 15) is 29.1 Å². The lowest BCUT2D eigenvalue weighted by atomic mass is 9.96. The molecule has 1 heterocycles. The molecule has 0 aromatic heterocycles. The van der Waals surface area contributed by atoms with E-state index in [1.807, 2.05) is 0 Å². The summed E-state index contributed by atoms with van der Waals surface area (Å²) in [4.78, 5) is 69.5. The van der Waals surface area contributed by atoms with E-state index in [1.54, 1.807) is 20.8 Å². The number of nitrogens with zero attached hydrogens (tertiary/aromatic N) is 1. The van der Waals surface area contributed by atoms with E-state index in [-0.39, 0.29) is 25.3 Å². The lowest BCUT2D eigenvalue weighted by Gasteiger charge is -2.47. The lowest BCUT2D eigenvalue weighted by Crippen LogP contribution is -2.70. The molecule has 0 unspecified atom stereocenters. The number of hydroxylamine groups is 1. The van der Waals surface area contributed by atoms with Gasteiger partial charge in [-0.15, -0.1) is 0 Å². The van der Waals surface area contributed by atoms with Crippen LogP contribution in [-0.4, -0.2) is 96.1 Å². The monoisotopic (exact) mass is 592 g/mol. The van der Waals surface area contributed by atoms with E-state index < -0.39 is 78.5 Å². The molecule has 0 radical (unpaired) electrons. The van der Waals surface area contributed by atoms with Crippen LogP contribution in [0.2, 0.25) is 0 Å². The predicted octanol–water partition coefficient (Wildman–Crippen LogP) is -1.33. The molecular formula is C24H40N4O13. The summed E-state index contributed by atoms with van der Waals surface area (Å²) in [6, 6.07) is -1.25. The summed E-state index contributed by atoms with van der Waals surface area (Å²) in [6.45, 7) is 8.56. The third-order valence-corrected chi connectivity index (χ3v) is 5.00. The molecule has 1 aliphatic heterocycles. The van der Waals surface area contributed by atoms with Gasteiger partial charge in [0.1, 0.15) is 24.4 Å². The fourth-order valence-corrected chi connectivity index (χ4v) is 3.59. The average Bonchev–Trinajstić information content (AvgIpc) is 2.79. The fourth-order valence-electron chi connectivity index (χ4n) is 3.59. The van der Waals surface area contributed by atoms with Gasteiger partial charge in [0.2, 0.25) is 6.10 Å². The van der Waals surface area contributed by atoms with Gasteiger partial charge in [0.05, 0.1) is 0 Å².